The van der Waals surface area contributed by atoms with Gasteiger partial charge in [-0.25, -0.2) is 0 Å². The van der Waals surface area contributed by atoms with Crippen molar-refractivity contribution in [3.05, 3.63) is 65.7 Å². The molecule has 1 heterocycles. The minimum Gasteiger partial charge on any atom is -0.326 e. The Kier molecular flexibility index (Phi) is 5.62. The maximum atomic E-state index is 11.1. The van der Waals surface area contributed by atoms with Crippen molar-refractivity contribution in [3.8, 4) is 0 Å². The Labute approximate surface area is 144 Å². The molecule has 2 aromatic rings. The average Bonchev–Trinajstić information content (AvgIpc) is 2.59. The Morgan fingerprint density at radius 2 is 1.33 bits per heavy atom. The van der Waals surface area contributed by atoms with Crippen molar-refractivity contribution in [2.75, 3.05) is 31.5 Å². The van der Waals surface area contributed by atoms with Crippen molar-refractivity contribution in [1.29, 1.82) is 0 Å². The zero-order valence-electron chi connectivity index (χ0n) is 14.2. The molecule has 0 aliphatic carbocycles. The van der Waals surface area contributed by atoms with Crippen LogP contribution in [-0.2, 0) is 17.9 Å². The van der Waals surface area contributed by atoms with Crippen LogP contribution >= 0.6 is 0 Å². The molecule has 126 valence electrons. The highest BCUT2D eigenvalue weighted by Gasteiger charge is 2.16. The fourth-order valence-corrected chi connectivity index (χ4v) is 3.10. The first-order valence-electron chi connectivity index (χ1n) is 8.54. The van der Waals surface area contributed by atoms with E-state index in [0.29, 0.717) is 0 Å². The first-order chi connectivity index (χ1) is 11.7. The standard InChI is InChI=1S/C20H25N3O/c1-17(24)21-20-9-7-19(8-10-20)16-23-13-11-22(12-14-23)15-18-5-3-2-4-6-18/h2-10H,11-16H2,1H3,(H,21,24). The van der Waals surface area contributed by atoms with E-state index in [1.807, 2.05) is 12.1 Å². The highest BCUT2D eigenvalue weighted by Crippen LogP contribution is 2.14. The highest BCUT2D eigenvalue weighted by atomic mass is 16.1. The molecule has 0 saturated carbocycles. The second-order valence-corrected chi connectivity index (χ2v) is 6.42. The SMILES string of the molecule is CC(=O)Nc1ccc(CN2CCN(Cc3ccccc3)CC2)cc1. The van der Waals surface area contributed by atoms with Gasteiger partial charge in [-0.2, -0.15) is 0 Å². The summed E-state index contributed by atoms with van der Waals surface area (Å²) in [6.45, 7) is 7.96. The second kappa shape index (κ2) is 8.08. The molecule has 1 aliphatic rings. The van der Waals surface area contributed by atoms with Crippen LogP contribution in [0.2, 0.25) is 0 Å². The van der Waals surface area contributed by atoms with Crippen LogP contribution in [0.25, 0.3) is 0 Å². The molecule has 0 atom stereocenters. The predicted octanol–water partition coefficient (Wildman–Crippen LogP) is 2.96. The number of benzene rings is 2. The summed E-state index contributed by atoms with van der Waals surface area (Å²) < 4.78 is 0. The molecule has 0 bridgehead atoms. The van der Waals surface area contributed by atoms with Crippen molar-refractivity contribution < 1.29 is 4.79 Å². The molecule has 0 aromatic heterocycles. The van der Waals surface area contributed by atoms with E-state index in [0.717, 1.165) is 45.0 Å². The van der Waals surface area contributed by atoms with Crippen molar-refractivity contribution in [2.45, 2.75) is 20.0 Å². The zero-order chi connectivity index (χ0) is 16.8. The normalized spacial score (nSPS) is 16.0. The molecule has 1 saturated heterocycles. The van der Waals surface area contributed by atoms with Crippen LogP contribution in [0.4, 0.5) is 5.69 Å². The lowest BCUT2D eigenvalue weighted by Gasteiger charge is -2.34. The minimum absolute atomic E-state index is 0.0303. The quantitative estimate of drug-likeness (QED) is 0.919. The molecule has 0 spiro atoms. The number of nitrogens with zero attached hydrogens (tertiary/aromatic N) is 2. The van der Waals surface area contributed by atoms with Crippen LogP contribution < -0.4 is 5.32 Å². The summed E-state index contributed by atoms with van der Waals surface area (Å²) in [6, 6.07) is 18.8. The predicted molar refractivity (Wildman–Crippen MR) is 97.7 cm³/mol. The monoisotopic (exact) mass is 323 g/mol. The summed E-state index contributed by atoms with van der Waals surface area (Å²) in [5, 5.41) is 2.81. The molecule has 1 fully saturated rings. The molecule has 0 unspecified atom stereocenters. The molecule has 4 heteroatoms. The number of hydrogen-bond acceptors (Lipinski definition) is 3. The van der Waals surface area contributed by atoms with Gasteiger partial charge in [-0.15, -0.1) is 0 Å². The van der Waals surface area contributed by atoms with Crippen LogP contribution in [0, 0.1) is 0 Å². The number of carbonyl (C=O) groups excluding carboxylic acids is 1. The molecule has 4 nitrogen and oxygen atoms in total. The lowest BCUT2D eigenvalue weighted by Crippen LogP contribution is -2.45. The maximum absolute atomic E-state index is 11.1. The summed E-state index contributed by atoms with van der Waals surface area (Å²) in [5.74, 6) is -0.0303. The van der Waals surface area contributed by atoms with Crippen molar-refractivity contribution >= 4 is 11.6 Å². The Bertz CT molecular complexity index is 646. The number of rotatable bonds is 5. The summed E-state index contributed by atoms with van der Waals surface area (Å²) in [6.07, 6.45) is 0. The number of amides is 1. The van der Waals surface area contributed by atoms with Crippen molar-refractivity contribution in [1.82, 2.24) is 9.80 Å². The van der Waals surface area contributed by atoms with Gasteiger partial charge >= 0.3 is 0 Å². The lowest BCUT2D eigenvalue weighted by atomic mass is 10.1. The fourth-order valence-electron chi connectivity index (χ4n) is 3.10. The van der Waals surface area contributed by atoms with E-state index in [-0.39, 0.29) is 5.91 Å². The molecule has 1 amide bonds. The molecular formula is C20H25N3O. The largest absolute Gasteiger partial charge is 0.326 e. The molecule has 0 radical (unpaired) electrons. The number of hydrogen-bond donors (Lipinski definition) is 1. The maximum Gasteiger partial charge on any atom is 0.221 e. The molecule has 1 aliphatic heterocycles. The smallest absolute Gasteiger partial charge is 0.221 e. The van der Waals surface area contributed by atoms with Gasteiger partial charge in [0.2, 0.25) is 5.91 Å². The van der Waals surface area contributed by atoms with E-state index >= 15 is 0 Å². The van der Waals surface area contributed by atoms with Gasteiger partial charge in [-0.3, -0.25) is 14.6 Å². The first kappa shape index (κ1) is 16.7. The van der Waals surface area contributed by atoms with E-state index in [1.165, 1.54) is 18.1 Å². The molecule has 3 rings (SSSR count). The Hall–Kier alpha value is -2.17. The van der Waals surface area contributed by atoms with Crippen LogP contribution in [0.15, 0.2) is 54.6 Å². The second-order valence-electron chi connectivity index (χ2n) is 6.42. The summed E-state index contributed by atoms with van der Waals surface area (Å²) in [7, 11) is 0. The van der Waals surface area contributed by atoms with Gasteiger partial charge in [0.25, 0.3) is 0 Å². The molecule has 24 heavy (non-hydrogen) atoms. The number of piperazine rings is 1. The van der Waals surface area contributed by atoms with Gasteiger partial charge in [-0.1, -0.05) is 42.5 Å². The van der Waals surface area contributed by atoms with E-state index < -0.39 is 0 Å². The average molecular weight is 323 g/mol. The summed E-state index contributed by atoms with van der Waals surface area (Å²) in [5.41, 5.74) is 3.54. The number of nitrogens with one attached hydrogen (secondary N) is 1. The van der Waals surface area contributed by atoms with E-state index in [1.54, 1.807) is 0 Å². The third kappa shape index (κ3) is 4.91. The number of anilines is 1. The van der Waals surface area contributed by atoms with Gasteiger partial charge in [0.15, 0.2) is 0 Å². The Morgan fingerprint density at radius 3 is 1.83 bits per heavy atom. The van der Waals surface area contributed by atoms with Crippen LogP contribution in [0.3, 0.4) is 0 Å². The third-order valence-corrected chi connectivity index (χ3v) is 4.39. The minimum atomic E-state index is -0.0303. The summed E-state index contributed by atoms with van der Waals surface area (Å²) >= 11 is 0. The van der Waals surface area contributed by atoms with Gasteiger partial charge in [0, 0.05) is 51.9 Å². The van der Waals surface area contributed by atoms with Crippen molar-refractivity contribution in [3.63, 3.8) is 0 Å². The van der Waals surface area contributed by atoms with Gasteiger partial charge < -0.3 is 5.32 Å². The molecule has 1 N–H and O–H groups in total. The Balaban J connectivity index is 1.46. The van der Waals surface area contributed by atoms with Gasteiger partial charge in [0.05, 0.1) is 0 Å². The zero-order valence-corrected chi connectivity index (χ0v) is 14.2. The fraction of sp³-hybridized carbons (Fsp3) is 0.350. The van der Waals surface area contributed by atoms with Gasteiger partial charge in [-0.05, 0) is 23.3 Å². The topological polar surface area (TPSA) is 35.6 Å². The van der Waals surface area contributed by atoms with Crippen LogP contribution in [-0.4, -0.2) is 41.9 Å². The Morgan fingerprint density at radius 1 is 0.833 bits per heavy atom. The number of carbonyl (C=O) groups is 1. The van der Waals surface area contributed by atoms with Crippen LogP contribution in [0.5, 0.6) is 0 Å². The first-order valence-corrected chi connectivity index (χ1v) is 8.54. The van der Waals surface area contributed by atoms with E-state index in [9.17, 15) is 4.79 Å². The van der Waals surface area contributed by atoms with Crippen LogP contribution in [0.1, 0.15) is 18.1 Å². The lowest BCUT2D eigenvalue weighted by molar-refractivity contribution is -0.114. The third-order valence-electron chi connectivity index (χ3n) is 4.39. The van der Waals surface area contributed by atoms with Gasteiger partial charge in [0.1, 0.15) is 0 Å². The highest BCUT2D eigenvalue weighted by molar-refractivity contribution is 5.88. The molecular weight excluding hydrogens is 298 g/mol. The molecule has 2 aromatic carbocycles. The van der Waals surface area contributed by atoms with E-state index in [4.69, 9.17) is 0 Å². The van der Waals surface area contributed by atoms with E-state index in [2.05, 4.69) is 57.6 Å². The summed E-state index contributed by atoms with van der Waals surface area (Å²) in [4.78, 5) is 16.1. The van der Waals surface area contributed by atoms with Crippen molar-refractivity contribution in [2.24, 2.45) is 0 Å².